The maximum absolute atomic E-state index is 11.9. The largest absolute Gasteiger partial charge is 0.373 e. The van der Waals surface area contributed by atoms with Gasteiger partial charge in [-0.15, -0.1) is 0 Å². The van der Waals surface area contributed by atoms with Crippen molar-refractivity contribution in [3.05, 3.63) is 46.0 Å². The molecule has 2 atom stereocenters. The van der Waals surface area contributed by atoms with Crippen LogP contribution in [-0.2, 0) is 9.53 Å². The standard InChI is InChI=1S/C17H21N3O4/c21-17(8-7-13-4-1-2-6-16(13)20(22)23)18-10-15-11-19-9-3-5-14(19)12-24-15/h1-2,4,6-8,14-15H,3,5,9-12H2,(H,18,21)/b8-7+/t14-,15+/m0/s1. The Kier molecular flexibility index (Phi) is 5.22. The highest BCUT2D eigenvalue weighted by Crippen LogP contribution is 2.22. The Morgan fingerprint density at radius 2 is 2.29 bits per heavy atom. The molecule has 7 heteroatoms. The number of para-hydroxylation sites is 1. The quantitative estimate of drug-likeness (QED) is 0.503. The number of nitrogens with zero attached hydrogens (tertiary/aromatic N) is 2. The van der Waals surface area contributed by atoms with E-state index in [2.05, 4.69) is 10.2 Å². The van der Waals surface area contributed by atoms with Crippen molar-refractivity contribution < 1.29 is 14.5 Å². The highest BCUT2D eigenvalue weighted by Gasteiger charge is 2.32. The third-order valence-corrected chi connectivity index (χ3v) is 4.51. The number of nitrogens with one attached hydrogen (secondary N) is 1. The molecule has 0 unspecified atom stereocenters. The number of carbonyl (C=O) groups is 1. The maximum atomic E-state index is 11.9. The zero-order chi connectivity index (χ0) is 16.9. The summed E-state index contributed by atoms with van der Waals surface area (Å²) in [5.74, 6) is -0.278. The van der Waals surface area contributed by atoms with Gasteiger partial charge in [-0.05, 0) is 31.5 Å². The first-order valence-electron chi connectivity index (χ1n) is 8.18. The summed E-state index contributed by atoms with van der Waals surface area (Å²) < 4.78 is 5.79. The van der Waals surface area contributed by atoms with Crippen LogP contribution in [0.15, 0.2) is 30.3 Å². The van der Waals surface area contributed by atoms with Gasteiger partial charge in [0.05, 0.1) is 23.2 Å². The van der Waals surface area contributed by atoms with Gasteiger partial charge in [0.25, 0.3) is 5.69 Å². The number of hydrogen-bond donors (Lipinski definition) is 1. The van der Waals surface area contributed by atoms with Crippen molar-refractivity contribution in [2.24, 2.45) is 0 Å². The molecule has 3 rings (SSSR count). The molecule has 0 bridgehead atoms. The molecule has 7 nitrogen and oxygen atoms in total. The first kappa shape index (κ1) is 16.6. The zero-order valence-electron chi connectivity index (χ0n) is 13.4. The van der Waals surface area contributed by atoms with Crippen LogP contribution in [0.25, 0.3) is 6.08 Å². The van der Waals surface area contributed by atoms with Crippen LogP contribution >= 0.6 is 0 Å². The van der Waals surface area contributed by atoms with Crippen LogP contribution in [0.1, 0.15) is 18.4 Å². The van der Waals surface area contributed by atoms with Gasteiger partial charge in [0, 0.05) is 31.3 Å². The fraction of sp³-hybridized carbons (Fsp3) is 0.471. The van der Waals surface area contributed by atoms with Gasteiger partial charge in [-0.2, -0.15) is 0 Å². The third kappa shape index (κ3) is 3.98. The summed E-state index contributed by atoms with van der Waals surface area (Å²) in [5.41, 5.74) is 0.392. The SMILES string of the molecule is O=C(/C=C/c1ccccc1[N+](=O)[O-])NC[C@@H]1CN2CCC[C@H]2CO1. The van der Waals surface area contributed by atoms with E-state index in [1.165, 1.54) is 31.1 Å². The molecule has 0 aliphatic carbocycles. The number of morpholine rings is 1. The zero-order valence-corrected chi connectivity index (χ0v) is 13.4. The molecule has 1 amide bonds. The van der Waals surface area contributed by atoms with Crippen molar-refractivity contribution in [3.63, 3.8) is 0 Å². The van der Waals surface area contributed by atoms with Crippen molar-refractivity contribution in [3.8, 4) is 0 Å². The molecule has 0 spiro atoms. The number of hydrogen-bond acceptors (Lipinski definition) is 5. The summed E-state index contributed by atoms with van der Waals surface area (Å²) in [7, 11) is 0. The Hall–Kier alpha value is -2.25. The Labute approximate surface area is 140 Å². The first-order valence-corrected chi connectivity index (χ1v) is 8.18. The number of fused-ring (bicyclic) bond motifs is 1. The third-order valence-electron chi connectivity index (χ3n) is 4.51. The molecule has 1 N–H and O–H groups in total. The van der Waals surface area contributed by atoms with Gasteiger partial charge < -0.3 is 10.1 Å². The topological polar surface area (TPSA) is 84.7 Å². The summed E-state index contributed by atoms with van der Waals surface area (Å²) in [4.78, 5) is 24.8. The molecule has 0 radical (unpaired) electrons. The van der Waals surface area contributed by atoms with Crippen LogP contribution in [-0.4, -0.2) is 54.1 Å². The lowest BCUT2D eigenvalue weighted by molar-refractivity contribution is -0.385. The summed E-state index contributed by atoms with van der Waals surface area (Å²) in [6, 6.07) is 6.86. The average molecular weight is 331 g/mol. The fourth-order valence-electron chi connectivity index (χ4n) is 3.24. The van der Waals surface area contributed by atoms with E-state index in [1.54, 1.807) is 18.2 Å². The van der Waals surface area contributed by atoms with Crippen LogP contribution in [0, 0.1) is 10.1 Å². The van der Waals surface area contributed by atoms with Gasteiger partial charge in [-0.1, -0.05) is 12.1 Å². The highest BCUT2D eigenvalue weighted by molar-refractivity contribution is 5.92. The lowest BCUT2D eigenvalue weighted by Gasteiger charge is -2.35. The number of nitro groups is 1. The van der Waals surface area contributed by atoms with Crippen molar-refractivity contribution in [1.29, 1.82) is 0 Å². The minimum atomic E-state index is -0.458. The molecule has 0 saturated carbocycles. The Morgan fingerprint density at radius 3 is 3.12 bits per heavy atom. The molecule has 2 aliphatic rings. The van der Waals surface area contributed by atoms with Gasteiger partial charge in [-0.25, -0.2) is 0 Å². The van der Waals surface area contributed by atoms with Crippen LogP contribution in [0.2, 0.25) is 0 Å². The number of carbonyl (C=O) groups excluding carboxylic acids is 1. The second-order valence-corrected chi connectivity index (χ2v) is 6.14. The summed E-state index contributed by atoms with van der Waals surface area (Å²) in [6.45, 7) is 3.13. The number of rotatable bonds is 5. The predicted molar refractivity (Wildman–Crippen MR) is 89.5 cm³/mol. The molecule has 2 heterocycles. The minimum Gasteiger partial charge on any atom is -0.373 e. The van der Waals surface area contributed by atoms with Crippen molar-refractivity contribution >= 4 is 17.7 Å². The average Bonchev–Trinajstić information content (AvgIpc) is 3.06. The summed E-state index contributed by atoms with van der Waals surface area (Å²) >= 11 is 0. The normalized spacial score (nSPS) is 24.0. The van der Waals surface area contributed by atoms with Crippen LogP contribution in [0.4, 0.5) is 5.69 Å². The molecule has 0 aromatic heterocycles. The summed E-state index contributed by atoms with van der Waals surface area (Å²) in [6.07, 6.45) is 5.20. The van der Waals surface area contributed by atoms with E-state index in [1.807, 2.05) is 0 Å². The fourth-order valence-corrected chi connectivity index (χ4v) is 3.24. The van der Waals surface area contributed by atoms with E-state index in [9.17, 15) is 14.9 Å². The van der Waals surface area contributed by atoms with Gasteiger partial charge >= 0.3 is 0 Å². The Morgan fingerprint density at radius 1 is 1.46 bits per heavy atom. The first-order chi connectivity index (χ1) is 11.6. The molecule has 1 aromatic rings. The minimum absolute atomic E-state index is 0.00256. The van der Waals surface area contributed by atoms with E-state index in [4.69, 9.17) is 4.74 Å². The molecule has 2 saturated heterocycles. The molecule has 2 aliphatic heterocycles. The molecule has 1 aromatic carbocycles. The number of amides is 1. The lowest BCUT2D eigenvalue weighted by Crippen LogP contribution is -2.49. The molecule has 24 heavy (non-hydrogen) atoms. The molecule has 128 valence electrons. The van der Waals surface area contributed by atoms with Crippen molar-refractivity contribution in [2.45, 2.75) is 25.0 Å². The van der Waals surface area contributed by atoms with Crippen molar-refractivity contribution in [2.75, 3.05) is 26.2 Å². The number of ether oxygens (including phenoxy) is 1. The highest BCUT2D eigenvalue weighted by atomic mass is 16.6. The van der Waals surface area contributed by atoms with Crippen LogP contribution in [0.5, 0.6) is 0 Å². The number of nitro benzene ring substituents is 1. The van der Waals surface area contributed by atoms with Gasteiger partial charge in [0.2, 0.25) is 5.91 Å². The smallest absolute Gasteiger partial charge is 0.276 e. The second-order valence-electron chi connectivity index (χ2n) is 6.14. The van der Waals surface area contributed by atoms with E-state index in [0.29, 0.717) is 18.2 Å². The van der Waals surface area contributed by atoms with E-state index in [0.717, 1.165) is 19.7 Å². The molecular weight excluding hydrogens is 310 g/mol. The summed E-state index contributed by atoms with van der Waals surface area (Å²) in [5, 5.41) is 13.7. The van der Waals surface area contributed by atoms with E-state index in [-0.39, 0.29) is 17.7 Å². The van der Waals surface area contributed by atoms with Gasteiger partial charge in [-0.3, -0.25) is 19.8 Å². The van der Waals surface area contributed by atoms with Crippen molar-refractivity contribution in [1.82, 2.24) is 10.2 Å². The Bertz CT molecular complexity index is 646. The lowest BCUT2D eigenvalue weighted by atomic mass is 10.1. The monoisotopic (exact) mass is 331 g/mol. The molecule has 2 fully saturated rings. The van der Waals surface area contributed by atoms with E-state index < -0.39 is 4.92 Å². The number of benzene rings is 1. The van der Waals surface area contributed by atoms with Crippen LogP contribution in [0.3, 0.4) is 0 Å². The maximum Gasteiger partial charge on any atom is 0.276 e. The van der Waals surface area contributed by atoms with Crippen LogP contribution < -0.4 is 5.32 Å². The molecular formula is C17H21N3O4. The van der Waals surface area contributed by atoms with E-state index >= 15 is 0 Å². The second kappa shape index (κ2) is 7.55. The van der Waals surface area contributed by atoms with Gasteiger partial charge in [0.1, 0.15) is 0 Å². The Balaban J connectivity index is 1.50. The predicted octanol–water partition coefficient (Wildman–Crippen LogP) is 1.59. The van der Waals surface area contributed by atoms with Gasteiger partial charge in [0.15, 0.2) is 0 Å².